The first-order valence-electron chi connectivity index (χ1n) is 9.94. The molecule has 1 aliphatic heterocycles. The van der Waals surface area contributed by atoms with Gasteiger partial charge in [0.05, 0.1) is 12.6 Å². The van der Waals surface area contributed by atoms with E-state index in [2.05, 4.69) is 27.1 Å². The molecule has 0 bridgehead atoms. The number of aliphatic imine (C=N–C) groups is 1. The van der Waals surface area contributed by atoms with Gasteiger partial charge < -0.3 is 15.5 Å². The van der Waals surface area contributed by atoms with Crippen molar-refractivity contribution in [2.24, 2.45) is 4.99 Å². The van der Waals surface area contributed by atoms with Gasteiger partial charge in [-0.05, 0) is 46.0 Å². The Kier molecular flexibility index (Phi) is 8.86. The summed E-state index contributed by atoms with van der Waals surface area (Å²) in [7, 11) is 3.61. The van der Waals surface area contributed by atoms with Gasteiger partial charge in [0.25, 0.3) is 0 Å². The van der Waals surface area contributed by atoms with Crippen LogP contribution in [0.3, 0.4) is 0 Å². The van der Waals surface area contributed by atoms with Crippen LogP contribution < -0.4 is 10.6 Å². The highest BCUT2D eigenvalue weighted by molar-refractivity contribution is 5.80. The first-order chi connectivity index (χ1) is 13.5. The Morgan fingerprint density at radius 1 is 1.32 bits per heavy atom. The van der Waals surface area contributed by atoms with E-state index in [4.69, 9.17) is 0 Å². The molecule has 0 aliphatic carbocycles. The van der Waals surface area contributed by atoms with Gasteiger partial charge in [0.1, 0.15) is 11.6 Å². The van der Waals surface area contributed by atoms with Gasteiger partial charge in [-0.25, -0.2) is 8.78 Å². The molecule has 0 saturated carbocycles. The van der Waals surface area contributed by atoms with Crippen molar-refractivity contribution in [3.63, 3.8) is 0 Å². The van der Waals surface area contributed by atoms with Gasteiger partial charge in [-0.1, -0.05) is 12.1 Å². The molecule has 5 nitrogen and oxygen atoms in total. The van der Waals surface area contributed by atoms with Crippen molar-refractivity contribution in [1.29, 1.82) is 0 Å². The average molecular weight is 394 g/mol. The monoisotopic (exact) mass is 393 g/mol. The predicted octanol–water partition coefficient (Wildman–Crippen LogP) is 2.77. The van der Waals surface area contributed by atoms with Gasteiger partial charge in [-0.3, -0.25) is 9.89 Å². The molecule has 1 aromatic rings. The fourth-order valence-corrected chi connectivity index (χ4v) is 3.48. The Labute approximate surface area is 167 Å². The molecular formula is C21H33F2N5. The van der Waals surface area contributed by atoms with E-state index in [1.807, 2.05) is 27.1 Å². The molecule has 7 heteroatoms. The Morgan fingerprint density at radius 3 is 2.50 bits per heavy atom. The zero-order valence-corrected chi connectivity index (χ0v) is 17.2. The smallest absolute Gasteiger partial charge is 0.191 e. The summed E-state index contributed by atoms with van der Waals surface area (Å²) in [6.45, 7) is 9.73. The van der Waals surface area contributed by atoms with E-state index in [1.165, 1.54) is 18.2 Å². The number of likely N-dealkylation sites (tertiary alicyclic amines) is 1. The van der Waals surface area contributed by atoms with Gasteiger partial charge in [0.15, 0.2) is 5.96 Å². The molecule has 1 atom stereocenters. The summed E-state index contributed by atoms with van der Waals surface area (Å²) in [6.07, 6.45) is 3.98. The minimum absolute atomic E-state index is 0.0600. The number of likely N-dealkylation sites (N-methyl/N-ethyl adjacent to an activating group) is 1. The third-order valence-corrected chi connectivity index (χ3v) is 5.04. The van der Waals surface area contributed by atoms with Crippen molar-refractivity contribution in [2.45, 2.75) is 31.8 Å². The van der Waals surface area contributed by atoms with Crippen LogP contribution in [0.25, 0.3) is 0 Å². The van der Waals surface area contributed by atoms with Crippen LogP contribution in [0.5, 0.6) is 0 Å². The number of nitrogens with zero attached hydrogens (tertiary/aromatic N) is 3. The van der Waals surface area contributed by atoms with Gasteiger partial charge in [-0.2, -0.15) is 0 Å². The summed E-state index contributed by atoms with van der Waals surface area (Å²) >= 11 is 0. The fourth-order valence-electron chi connectivity index (χ4n) is 3.48. The number of nitrogens with one attached hydrogen (secondary N) is 2. The molecule has 156 valence electrons. The maximum Gasteiger partial charge on any atom is 0.191 e. The first-order valence-corrected chi connectivity index (χ1v) is 9.94. The van der Waals surface area contributed by atoms with E-state index in [0.717, 1.165) is 39.0 Å². The maximum atomic E-state index is 14.2. The molecule has 1 aliphatic rings. The molecule has 0 aromatic heterocycles. The van der Waals surface area contributed by atoms with Gasteiger partial charge in [-0.15, -0.1) is 6.58 Å². The molecule has 0 amide bonds. The molecule has 1 saturated heterocycles. The Bertz CT molecular complexity index is 634. The number of hydrogen-bond acceptors (Lipinski definition) is 3. The van der Waals surface area contributed by atoms with E-state index in [9.17, 15) is 8.78 Å². The molecule has 2 N–H and O–H groups in total. The summed E-state index contributed by atoms with van der Waals surface area (Å²) in [6, 6.07) is 3.82. The summed E-state index contributed by atoms with van der Waals surface area (Å²) in [4.78, 5) is 8.80. The predicted molar refractivity (Wildman–Crippen MR) is 112 cm³/mol. The Hall–Kier alpha value is -1.99. The SMILES string of the molecule is C=CCN1CCC(NC(=NCC(c2c(F)cccc2F)N(C)C)NCC)CC1. The molecule has 1 fully saturated rings. The lowest BCUT2D eigenvalue weighted by Crippen LogP contribution is -2.48. The zero-order valence-electron chi connectivity index (χ0n) is 17.2. The number of rotatable bonds is 8. The fraction of sp³-hybridized carbons (Fsp3) is 0.571. The molecule has 28 heavy (non-hydrogen) atoms. The van der Waals surface area contributed by atoms with E-state index in [-0.39, 0.29) is 12.1 Å². The van der Waals surface area contributed by atoms with Crippen LogP contribution in [0.15, 0.2) is 35.8 Å². The lowest BCUT2D eigenvalue weighted by atomic mass is 10.0. The van der Waals surface area contributed by atoms with Gasteiger partial charge in [0, 0.05) is 37.8 Å². The summed E-state index contributed by atoms with van der Waals surface area (Å²) in [5.41, 5.74) is 0.0600. The van der Waals surface area contributed by atoms with Gasteiger partial charge >= 0.3 is 0 Å². The molecule has 1 unspecified atom stereocenters. The van der Waals surface area contributed by atoms with E-state index in [1.54, 1.807) is 4.90 Å². The molecule has 1 heterocycles. The van der Waals surface area contributed by atoms with Crippen molar-refractivity contribution < 1.29 is 8.78 Å². The van der Waals surface area contributed by atoms with Crippen LogP contribution in [-0.2, 0) is 0 Å². The number of guanidine groups is 1. The quantitative estimate of drug-likeness (QED) is 0.405. The topological polar surface area (TPSA) is 42.9 Å². The number of benzene rings is 1. The zero-order chi connectivity index (χ0) is 20.5. The highest BCUT2D eigenvalue weighted by Crippen LogP contribution is 2.24. The summed E-state index contributed by atoms with van der Waals surface area (Å²) in [5.74, 6) is -0.392. The van der Waals surface area contributed by atoms with Crippen LogP contribution in [0.2, 0.25) is 0 Å². The van der Waals surface area contributed by atoms with Crippen LogP contribution in [0.4, 0.5) is 8.78 Å². The van der Waals surface area contributed by atoms with Crippen LogP contribution in [-0.4, -0.2) is 68.6 Å². The molecule has 1 aromatic carbocycles. The second kappa shape index (κ2) is 11.1. The Balaban J connectivity index is 2.06. The number of hydrogen-bond donors (Lipinski definition) is 2. The molecule has 2 rings (SSSR count). The molecule has 0 radical (unpaired) electrons. The molecule has 0 spiro atoms. The Morgan fingerprint density at radius 2 is 1.96 bits per heavy atom. The van der Waals surface area contributed by atoms with Crippen LogP contribution >= 0.6 is 0 Å². The third kappa shape index (κ3) is 6.27. The largest absolute Gasteiger partial charge is 0.357 e. The lowest BCUT2D eigenvalue weighted by Gasteiger charge is -2.32. The standard InChI is InChI=1S/C21H33F2N5/c1-5-12-28-13-10-16(11-14-28)26-21(24-6-2)25-15-19(27(3)4)20-17(22)8-7-9-18(20)23/h5,7-9,16,19H,1,6,10-15H2,2-4H3,(H2,24,25,26). The van der Waals surface area contributed by atoms with Crippen molar-refractivity contribution in [2.75, 3.05) is 46.8 Å². The minimum Gasteiger partial charge on any atom is -0.357 e. The van der Waals surface area contributed by atoms with Crippen LogP contribution in [0, 0.1) is 11.6 Å². The first kappa shape index (κ1) is 22.3. The number of halogens is 2. The second-order valence-corrected chi connectivity index (χ2v) is 7.34. The van der Waals surface area contributed by atoms with Crippen molar-refractivity contribution in [3.8, 4) is 0 Å². The number of piperidine rings is 1. The second-order valence-electron chi connectivity index (χ2n) is 7.34. The van der Waals surface area contributed by atoms with E-state index in [0.29, 0.717) is 12.0 Å². The maximum absolute atomic E-state index is 14.2. The highest BCUT2D eigenvalue weighted by Gasteiger charge is 2.23. The van der Waals surface area contributed by atoms with E-state index < -0.39 is 17.7 Å². The third-order valence-electron chi connectivity index (χ3n) is 5.04. The van der Waals surface area contributed by atoms with Crippen molar-refractivity contribution in [3.05, 3.63) is 48.1 Å². The van der Waals surface area contributed by atoms with Crippen LogP contribution in [0.1, 0.15) is 31.4 Å². The average Bonchev–Trinajstić information content (AvgIpc) is 2.65. The van der Waals surface area contributed by atoms with Crippen molar-refractivity contribution >= 4 is 5.96 Å². The summed E-state index contributed by atoms with van der Waals surface area (Å²) in [5, 5.41) is 6.72. The minimum atomic E-state index is -0.540. The highest BCUT2D eigenvalue weighted by atomic mass is 19.1. The lowest BCUT2D eigenvalue weighted by molar-refractivity contribution is 0.225. The summed E-state index contributed by atoms with van der Waals surface area (Å²) < 4.78 is 28.5. The van der Waals surface area contributed by atoms with Gasteiger partial charge in [0.2, 0.25) is 0 Å². The van der Waals surface area contributed by atoms with E-state index >= 15 is 0 Å². The van der Waals surface area contributed by atoms with Crippen molar-refractivity contribution in [1.82, 2.24) is 20.4 Å². The molecular weight excluding hydrogens is 360 g/mol. The normalized spacial score (nSPS) is 17.6.